The summed E-state index contributed by atoms with van der Waals surface area (Å²) in [6, 6.07) is 9.20. The van der Waals surface area contributed by atoms with Gasteiger partial charge in [0.2, 0.25) is 0 Å². The molecule has 0 saturated heterocycles. The normalized spacial score (nSPS) is 24.9. The first kappa shape index (κ1) is 14.3. The van der Waals surface area contributed by atoms with Crippen molar-refractivity contribution in [1.29, 1.82) is 0 Å². The summed E-state index contributed by atoms with van der Waals surface area (Å²) in [6.45, 7) is 2.23. The van der Waals surface area contributed by atoms with E-state index < -0.39 is 6.09 Å². The maximum absolute atomic E-state index is 11.8. The predicted octanol–water partition coefficient (Wildman–Crippen LogP) is 2.69. The van der Waals surface area contributed by atoms with E-state index in [9.17, 15) is 9.59 Å². The molecule has 0 spiro atoms. The average molecular weight is 273 g/mol. The molecule has 20 heavy (non-hydrogen) atoms. The van der Waals surface area contributed by atoms with Gasteiger partial charge in [0.1, 0.15) is 12.9 Å². The van der Waals surface area contributed by atoms with Crippen LogP contribution in [0.4, 0.5) is 4.79 Å². The molecule has 0 fully saturated rings. The van der Waals surface area contributed by atoms with Crippen LogP contribution >= 0.6 is 0 Å². The lowest BCUT2D eigenvalue weighted by atomic mass is 9.82. The van der Waals surface area contributed by atoms with Gasteiger partial charge in [0.15, 0.2) is 0 Å². The Bertz CT molecular complexity index is 484. The van der Waals surface area contributed by atoms with Crippen molar-refractivity contribution in [2.24, 2.45) is 11.8 Å². The van der Waals surface area contributed by atoms with Crippen molar-refractivity contribution in [3.05, 3.63) is 48.0 Å². The molecule has 0 heterocycles. The van der Waals surface area contributed by atoms with Gasteiger partial charge in [-0.05, 0) is 17.9 Å². The van der Waals surface area contributed by atoms with Gasteiger partial charge in [0, 0.05) is 5.92 Å². The molecule has 0 aliphatic heterocycles. The van der Waals surface area contributed by atoms with Crippen LogP contribution in [-0.4, -0.2) is 18.4 Å². The van der Waals surface area contributed by atoms with Gasteiger partial charge in [-0.3, -0.25) is 0 Å². The highest BCUT2D eigenvalue weighted by Crippen LogP contribution is 2.23. The van der Waals surface area contributed by atoms with Crippen molar-refractivity contribution < 1.29 is 14.3 Å². The van der Waals surface area contributed by atoms with E-state index in [1.165, 1.54) is 0 Å². The molecular formula is C16H19NO3. The lowest BCUT2D eigenvalue weighted by Crippen LogP contribution is -2.43. The van der Waals surface area contributed by atoms with Crippen LogP contribution in [0.5, 0.6) is 0 Å². The fourth-order valence-corrected chi connectivity index (χ4v) is 2.34. The molecule has 1 aliphatic rings. The first-order chi connectivity index (χ1) is 9.70. The third-order valence-electron chi connectivity index (χ3n) is 3.58. The number of alkyl carbamates (subject to hydrolysis) is 1. The Morgan fingerprint density at radius 3 is 2.85 bits per heavy atom. The van der Waals surface area contributed by atoms with Crippen LogP contribution in [-0.2, 0) is 16.1 Å². The molecule has 4 nitrogen and oxygen atoms in total. The minimum absolute atomic E-state index is 0.190. The summed E-state index contributed by atoms with van der Waals surface area (Å²) in [6.07, 6.45) is 5.14. The van der Waals surface area contributed by atoms with Crippen molar-refractivity contribution in [2.75, 3.05) is 0 Å². The lowest BCUT2D eigenvalue weighted by Gasteiger charge is -2.28. The third kappa shape index (κ3) is 3.70. The Kier molecular flexibility index (Phi) is 4.93. The summed E-state index contributed by atoms with van der Waals surface area (Å²) >= 11 is 0. The molecule has 1 aromatic rings. The fourth-order valence-electron chi connectivity index (χ4n) is 2.34. The van der Waals surface area contributed by atoms with Crippen LogP contribution < -0.4 is 5.32 Å². The Hall–Kier alpha value is -2.10. The number of ether oxygens (including phenoxy) is 1. The van der Waals surface area contributed by atoms with E-state index in [0.29, 0.717) is 0 Å². The monoisotopic (exact) mass is 273 g/mol. The number of hydrogen-bond acceptors (Lipinski definition) is 3. The summed E-state index contributed by atoms with van der Waals surface area (Å²) in [7, 11) is 0. The first-order valence-corrected chi connectivity index (χ1v) is 6.80. The van der Waals surface area contributed by atoms with Crippen LogP contribution in [0.25, 0.3) is 0 Å². The molecule has 4 heteroatoms. The van der Waals surface area contributed by atoms with E-state index in [4.69, 9.17) is 4.74 Å². The summed E-state index contributed by atoms with van der Waals surface area (Å²) in [5.41, 5.74) is 0.933. The van der Waals surface area contributed by atoms with Crippen molar-refractivity contribution in [1.82, 2.24) is 5.32 Å². The highest BCUT2D eigenvalue weighted by molar-refractivity contribution is 5.69. The molecule has 0 bridgehead atoms. The number of carbonyl (C=O) groups excluding carboxylic acids is 2. The largest absolute Gasteiger partial charge is 0.445 e. The molecule has 3 atom stereocenters. The molecule has 1 amide bonds. The van der Waals surface area contributed by atoms with Gasteiger partial charge in [-0.15, -0.1) is 0 Å². The maximum Gasteiger partial charge on any atom is 0.407 e. The highest BCUT2D eigenvalue weighted by Gasteiger charge is 2.28. The van der Waals surface area contributed by atoms with Crippen LogP contribution in [0.2, 0.25) is 0 Å². The minimum atomic E-state index is -0.496. The second-order valence-electron chi connectivity index (χ2n) is 5.09. The molecule has 0 saturated carbocycles. The van der Waals surface area contributed by atoms with Gasteiger partial charge >= 0.3 is 6.09 Å². The molecule has 1 aromatic carbocycles. The Balaban J connectivity index is 1.86. The standard InChI is InChI=1S/C16H19NO3/c1-12-6-5-9-15(14(12)10-18)17-16(19)20-11-13-7-3-2-4-8-13/h2-5,7-10,12,14-15H,6,11H2,1H3,(H,17,19)/t12-,14+,15-/m1/s1. The summed E-state index contributed by atoms with van der Waals surface area (Å²) in [5.74, 6) is 0.0428. The van der Waals surface area contributed by atoms with Crippen molar-refractivity contribution >= 4 is 12.4 Å². The molecule has 0 aromatic heterocycles. The molecule has 2 rings (SSSR count). The van der Waals surface area contributed by atoms with Gasteiger partial charge in [0.25, 0.3) is 0 Å². The molecule has 0 unspecified atom stereocenters. The minimum Gasteiger partial charge on any atom is -0.445 e. The van der Waals surface area contributed by atoms with Crippen molar-refractivity contribution in [3.8, 4) is 0 Å². The van der Waals surface area contributed by atoms with Crippen molar-refractivity contribution in [2.45, 2.75) is 26.0 Å². The lowest BCUT2D eigenvalue weighted by molar-refractivity contribution is -0.112. The molecule has 0 radical (unpaired) electrons. The zero-order valence-corrected chi connectivity index (χ0v) is 11.5. The summed E-state index contributed by atoms with van der Waals surface area (Å²) in [5, 5.41) is 2.74. The second-order valence-corrected chi connectivity index (χ2v) is 5.09. The molecule has 106 valence electrons. The summed E-state index contributed by atoms with van der Waals surface area (Å²) < 4.78 is 5.16. The van der Waals surface area contributed by atoms with E-state index >= 15 is 0 Å². The number of allylic oxidation sites excluding steroid dienone is 1. The van der Waals surface area contributed by atoms with E-state index in [2.05, 4.69) is 5.32 Å². The van der Waals surface area contributed by atoms with E-state index in [1.54, 1.807) is 0 Å². The first-order valence-electron chi connectivity index (χ1n) is 6.80. The molecular weight excluding hydrogens is 254 g/mol. The van der Waals surface area contributed by atoms with Crippen LogP contribution in [0.15, 0.2) is 42.5 Å². The maximum atomic E-state index is 11.8. The SMILES string of the molecule is C[C@@H]1CC=C[C@@H](NC(=O)OCc2ccccc2)[C@H]1C=O. The van der Waals surface area contributed by atoms with Gasteiger partial charge in [-0.2, -0.15) is 0 Å². The van der Waals surface area contributed by atoms with Gasteiger partial charge in [-0.1, -0.05) is 49.4 Å². The van der Waals surface area contributed by atoms with Gasteiger partial charge in [-0.25, -0.2) is 4.79 Å². The predicted molar refractivity (Wildman–Crippen MR) is 76.0 cm³/mol. The second kappa shape index (κ2) is 6.89. The molecule has 1 N–H and O–H groups in total. The van der Waals surface area contributed by atoms with Gasteiger partial charge in [0.05, 0.1) is 6.04 Å². The van der Waals surface area contributed by atoms with Gasteiger partial charge < -0.3 is 14.8 Å². The van der Waals surface area contributed by atoms with Crippen LogP contribution in [0, 0.1) is 11.8 Å². The number of nitrogens with one attached hydrogen (secondary N) is 1. The number of aldehydes is 1. The quantitative estimate of drug-likeness (QED) is 0.678. The van der Waals surface area contributed by atoms with E-state index in [1.807, 2.05) is 49.4 Å². The topological polar surface area (TPSA) is 55.4 Å². The number of rotatable bonds is 4. The van der Waals surface area contributed by atoms with Crippen molar-refractivity contribution in [3.63, 3.8) is 0 Å². The zero-order chi connectivity index (χ0) is 14.4. The number of amides is 1. The smallest absolute Gasteiger partial charge is 0.407 e. The number of benzene rings is 1. The zero-order valence-electron chi connectivity index (χ0n) is 11.5. The van der Waals surface area contributed by atoms with Crippen LogP contribution in [0.3, 0.4) is 0 Å². The van der Waals surface area contributed by atoms with E-state index in [0.717, 1.165) is 18.3 Å². The third-order valence-corrected chi connectivity index (χ3v) is 3.58. The Morgan fingerprint density at radius 2 is 2.15 bits per heavy atom. The number of hydrogen-bond donors (Lipinski definition) is 1. The van der Waals surface area contributed by atoms with Crippen LogP contribution in [0.1, 0.15) is 18.9 Å². The average Bonchev–Trinajstić information content (AvgIpc) is 2.46. The summed E-state index contributed by atoms with van der Waals surface area (Å²) in [4.78, 5) is 22.9. The Morgan fingerprint density at radius 1 is 1.40 bits per heavy atom. The number of carbonyl (C=O) groups is 2. The Labute approximate surface area is 118 Å². The highest BCUT2D eigenvalue weighted by atomic mass is 16.5. The fraction of sp³-hybridized carbons (Fsp3) is 0.375. The molecule has 1 aliphatic carbocycles. The van der Waals surface area contributed by atoms with E-state index in [-0.39, 0.29) is 24.5 Å².